The first-order chi connectivity index (χ1) is 9.06. The third kappa shape index (κ3) is 3.43. The van der Waals surface area contributed by atoms with Crippen molar-refractivity contribution < 1.29 is 19.1 Å². The summed E-state index contributed by atoms with van der Waals surface area (Å²) in [7, 11) is 0. The number of carboxylic acid groups (broad SMARTS) is 1. The molecule has 0 aromatic heterocycles. The van der Waals surface area contributed by atoms with Gasteiger partial charge in [-0.2, -0.15) is 0 Å². The quantitative estimate of drug-likeness (QED) is 0.783. The van der Waals surface area contributed by atoms with Gasteiger partial charge < -0.3 is 15.7 Å². The predicted octanol–water partition coefficient (Wildman–Crippen LogP) is 2.45. The lowest BCUT2D eigenvalue weighted by Gasteiger charge is -2.25. The molecule has 6 heteroatoms. The number of hydrogen-bond donors (Lipinski definition) is 3. The zero-order chi connectivity index (χ0) is 13.8. The van der Waals surface area contributed by atoms with Crippen molar-refractivity contribution >= 4 is 17.7 Å². The molecule has 1 aliphatic rings. The first kappa shape index (κ1) is 13.3. The minimum absolute atomic E-state index is 0.0430. The van der Waals surface area contributed by atoms with Gasteiger partial charge in [0.15, 0.2) is 0 Å². The van der Waals surface area contributed by atoms with Crippen molar-refractivity contribution in [2.75, 3.05) is 11.9 Å². The smallest absolute Gasteiger partial charge is 0.337 e. The molecule has 1 saturated carbocycles. The van der Waals surface area contributed by atoms with Crippen LogP contribution in [0, 0.1) is 11.7 Å². The lowest BCUT2D eigenvalue weighted by atomic mass is 9.85. The van der Waals surface area contributed by atoms with Crippen molar-refractivity contribution in [2.24, 2.45) is 5.92 Å². The van der Waals surface area contributed by atoms with Gasteiger partial charge in [-0.3, -0.25) is 0 Å². The molecule has 3 N–H and O–H groups in total. The molecule has 5 nitrogen and oxygen atoms in total. The maximum Gasteiger partial charge on any atom is 0.337 e. The van der Waals surface area contributed by atoms with Crippen LogP contribution in [-0.4, -0.2) is 23.7 Å². The second-order valence-electron chi connectivity index (χ2n) is 4.63. The SMILES string of the molecule is O=C(NCC1CCC1)Nc1cc(F)ccc1C(=O)O. The van der Waals surface area contributed by atoms with Crippen LogP contribution < -0.4 is 10.6 Å². The number of carbonyl (C=O) groups excluding carboxylic acids is 1. The highest BCUT2D eigenvalue weighted by atomic mass is 19.1. The number of urea groups is 1. The van der Waals surface area contributed by atoms with E-state index in [1.165, 1.54) is 6.42 Å². The molecule has 0 atom stereocenters. The van der Waals surface area contributed by atoms with Gasteiger partial charge in [-0.05, 0) is 37.0 Å². The summed E-state index contributed by atoms with van der Waals surface area (Å²) in [6.07, 6.45) is 3.38. The molecular formula is C13H15FN2O3. The Morgan fingerprint density at radius 2 is 2.11 bits per heavy atom. The third-order valence-corrected chi connectivity index (χ3v) is 3.24. The molecule has 2 rings (SSSR count). The molecule has 0 bridgehead atoms. The number of anilines is 1. The molecule has 1 aliphatic carbocycles. The molecule has 19 heavy (non-hydrogen) atoms. The molecule has 0 aliphatic heterocycles. The standard InChI is InChI=1S/C13H15FN2O3/c14-9-4-5-10(12(17)18)11(6-9)16-13(19)15-7-8-2-1-3-8/h4-6,8H,1-3,7H2,(H,17,18)(H2,15,16,19). The van der Waals surface area contributed by atoms with Crippen molar-refractivity contribution in [3.8, 4) is 0 Å². The van der Waals surface area contributed by atoms with Gasteiger partial charge in [0.1, 0.15) is 5.82 Å². The summed E-state index contributed by atoms with van der Waals surface area (Å²) in [4.78, 5) is 22.5. The second-order valence-corrected chi connectivity index (χ2v) is 4.63. The number of carboxylic acids is 1. The van der Waals surface area contributed by atoms with E-state index >= 15 is 0 Å². The van der Waals surface area contributed by atoms with E-state index in [1.807, 2.05) is 0 Å². The van der Waals surface area contributed by atoms with Crippen LogP contribution in [0.4, 0.5) is 14.9 Å². The monoisotopic (exact) mass is 266 g/mol. The molecule has 0 saturated heterocycles. The van der Waals surface area contributed by atoms with Crippen LogP contribution in [0.1, 0.15) is 29.6 Å². The van der Waals surface area contributed by atoms with Gasteiger partial charge in [-0.25, -0.2) is 14.0 Å². The van der Waals surface area contributed by atoms with Crippen LogP contribution >= 0.6 is 0 Å². The number of carbonyl (C=O) groups is 2. The number of nitrogens with one attached hydrogen (secondary N) is 2. The summed E-state index contributed by atoms with van der Waals surface area (Å²) in [5.41, 5.74) is -0.182. The van der Waals surface area contributed by atoms with E-state index in [0.717, 1.165) is 31.0 Å². The highest BCUT2D eigenvalue weighted by molar-refractivity contribution is 5.99. The number of benzene rings is 1. The molecule has 1 aromatic carbocycles. The van der Waals surface area contributed by atoms with Crippen LogP contribution in [-0.2, 0) is 0 Å². The Morgan fingerprint density at radius 1 is 1.37 bits per heavy atom. The van der Waals surface area contributed by atoms with Crippen molar-refractivity contribution in [2.45, 2.75) is 19.3 Å². The van der Waals surface area contributed by atoms with Crippen molar-refractivity contribution in [3.05, 3.63) is 29.6 Å². The number of rotatable bonds is 4. The summed E-state index contributed by atoms with van der Waals surface area (Å²) in [5.74, 6) is -1.31. The Bertz CT molecular complexity index is 501. The summed E-state index contributed by atoms with van der Waals surface area (Å²) in [6.45, 7) is 0.559. The third-order valence-electron chi connectivity index (χ3n) is 3.24. The van der Waals surface area contributed by atoms with Crippen LogP contribution in [0.5, 0.6) is 0 Å². The van der Waals surface area contributed by atoms with Gasteiger partial charge in [-0.1, -0.05) is 6.42 Å². The van der Waals surface area contributed by atoms with Gasteiger partial charge in [0.25, 0.3) is 0 Å². The van der Waals surface area contributed by atoms with E-state index in [4.69, 9.17) is 5.11 Å². The molecule has 0 heterocycles. The van der Waals surface area contributed by atoms with E-state index in [2.05, 4.69) is 10.6 Å². The van der Waals surface area contributed by atoms with Crippen molar-refractivity contribution in [1.82, 2.24) is 5.32 Å². The molecule has 1 fully saturated rings. The number of hydrogen-bond acceptors (Lipinski definition) is 2. The Hall–Kier alpha value is -2.11. The van der Waals surface area contributed by atoms with E-state index in [9.17, 15) is 14.0 Å². The molecular weight excluding hydrogens is 251 g/mol. The summed E-state index contributed by atoms with van der Waals surface area (Å²) in [5, 5.41) is 14.0. The van der Waals surface area contributed by atoms with Gasteiger partial charge in [0.2, 0.25) is 0 Å². The maximum atomic E-state index is 13.1. The molecule has 0 spiro atoms. The fourth-order valence-corrected chi connectivity index (χ4v) is 1.91. The molecule has 0 radical (unpaired) electrons. The van der Waals surface area contributed by atoms with Gasteiger partial charge in [0.05, 0.1) is 11.3 Å². The second kappa shape index (κ2) is 5.69. The Labute approximate surface area is 109 Å². The predicted molar refractivity (Wildman–Crippen MR) is 67.7 cm³/mol. The van der Waals surface area contributed by atoms with E-state index in [0.29, 0.717) is 12.5 Å². The van der Waals surface area contributed by atoms with Crippen molar-refractivity contribution in [3.63, 3.8) is 0 Å². The number of amides is 2. The Balaban J connectivity index is 1.98. The normalized spacial score (nSPS) is 14.6. The Kier molecular flexibility index (Phi) is 3.99. The van der Waals surface area contributed by atoms with Gasteiger partial charge >= 0.3 is 12.0 Å². The zero-order valence-electron chi connectivity index (χ0n) is 10.3. The minimum Gasteiger partial charge on any atom is -0.478 e. The van der Waals surface area contributed by atoms with Crippen LogP contribution in [0.15, 0.2) is 18.2 Å². The van der Waals surface area contributed by atoms with Crippen molar-refractivity contribution in [1.29, 1.82) is 0 Å². The van der Waals surface area contributed by atoms with Crippen LogP contribution in [0.25, 0.3) is 0 Å². The van der Waals surface area contributed by atoms with Crippen LogP contribution in [0.2, 0.25) is 0 Å². The van der Waals surface area contributed by atoms with Gasteiger partial charge in [-0.15, -0.1) is 0 Å². The molecule has 1 aromatic rings. The van der Waals surface area contributed by atoms with Crippen LogP contribution in [0.3, 0.4) is 0 Å². The zero-order valence-corrected chi connectivity index (χ0v) is 10.3. The van der Waals surface area contributed by atoms with E-state index in [-0.39, 0.29) is 11.3 Å². The topological polar surface area (TPSA) is 78.4 Å². The lowest BCUT2D eigenvalue weighted by molar-refractivity contribution is 0.0698. The molecule has 102 valence electrons. The fraction of sp³-hybridized carbons (Fsp3) is 0.385. The first-order valence-electron chi connectivity index (χ1n) is 6.14. The average Bonchev–Trinajstić information content (AvgIpc) is 2.26. The molecule has 2 amide bonds. The summed E-state index contributed by atoms with van der Waals surface area (Å²) < 4.78 is 13.1. The highest BCUT2D eigenvalue weighted by Gasteiger charge is 2.18. The number of aromatic carboxylic acids is 1. The first-order valence-corrected chi connectivity index (χ1v) is 6.14. The van der Waals surface area contributed by atoms with Gasteiger partial charge in [0, 0.05) is 6.54 Å². The Morgan fingerprint density at radius 3 is 2.68 bits per heavy atom. The summed E-state index contributed by atoms with van der Waals surface area (Å²) in [6, 6.07) is 2.65. The number of halogens is 1. The largest absolute Gasteiger partial charge is 0.478 e. The fourth-order valence-electron chi connectivity index (χ4n) is 1.91. The highest BCUT2D eigenvalue weighted by Crippen LogP contribution is 2.25. The van der Waals surface area contributed by atoms with E-state index in [1.54, 1.807) is 0 Å². The average molecular weight is 266 g/mol. The maximum absolute atomic E-state index is 13.1. The minimum atomic E-state index is -1.21. The lowest BCUT2D eigenvalue weighted by Crippen LogP contribution is -2.35. The van der Waals surface area contributed by atoms with E-state index < -0.39 is 17.8 Å². The summed E-state index contributed by atoms with van der Waals surface area (Å²) >= 11 is 0. The molecule has 0 unspecified atom stereocenters.